The molecule has 178 valence electrons. The molecule has 35 heavy (non-hydrogen) atoms. The van der Waals surface area contributed by atoms with Crippen LogP contribution in [0.2, 0.25) is 0 Å². The van der Waals surface area contributed by atoms with Crippen LogP contribution in [0.4, 0.5) is 10.3 Å². The first-order valence-electron chi connectivity index (χ1n) is 11.3. The molecule has 4 heterocycles. The number of thiophene rings is 1. The van der Waals surface area contributed by atoms with Gasteiger partial charge in [-0.05, 0) is 55.0 Å². The third kappa shape index (κ3) is 3.65. The Morgan fingerprint density at radius 3 is 2.91 bits per heavy atom. The van der Waals surface area contributed by atoms with Gasteiger partial charge in [0.1, 0.15) is 5.52 Å². The van der Waals surface area contributed by atoms with Crippen LogP contribution in [0.3, 0.4) is 0 Å². The predicted molar refractivity (Wildman–Crippen MR) is 130 cm³/mol. The third-order valence-corrected chi connectivity index (χ3v) is 8.13. The van der Waals surface area contributed by atoms with Crippen LogP contribution in [-0.4, -0.2) is 44.3 Å². The normalized spacial score (nSPS) is 21.4. The summed E-state index contributed by atoms with van der Waals surface area (Å²) in [5.74, 6) is 0.104. The molecule has 2 aliphatic rings. The number of fused-ring (bicyclic) bond motifs is 1. The number of oxazole rings is 1. The van der Waals surface area contributed by atoms with Gasteiger partial charge in [-0.2, -0.15) is 0 Å². The molecule has 0 atom stereocenters. The van der Waals surface area contributed by atoms with E-state index in [2.05, 4.69) is 21.9 Å². The summed E-state index contributed by atoms with van der Waals surface area (Å²) in [5.41, 5.74) is 0.909. The first-order valence-corrected chi connectivity index (χ1v) is 12.2. The molecule has 6 rings (SSSR count). The topological polar surface area (TPSA) is 93.3 Å². The quantitative estimate of drug-likeness (QED) is 0.402. The Bertz CT molecular complexity index is 1450. The largest absolute Gasteiger partial charge is 0.443 e. The number of hydrogen-bond acceptors (Lipinski definition) is 6. The molecule has 1 spiro atoms. The molecule has 1 aliphatic heterocycles. The molecule has 8 nitrogen and oxygen atoms in total. The second-order valence-corrected chi connectivity index (χ2v) is 10.3. The number of benzene rings is 1. The van der Waals surface area contributed by atoms with E-state index in [1.165, 1.54) is 29.9 Å². The van der Waals surface area contributed by atoms with Crippen LogP contribution in [0.15, 0.2) is 60.0 Å². The SMILES string of the molecule is C=CC(=O)N1CC[C@]2(C1)C[C@H](n1c(NC(=O)c3ccc(-c4cnco4)s3)nc3c(F)cccc31)C2. The number of para-hydroxylation sites is 1. The van der Waals surface area contributed by atoms with Crippen molar-refractivity contribution in [3.8, 4) is 10.6 Å². The maximum Gasteiger partial charge on any atom is 0.268 e. The number of aromatic nitrogens is 3. The van der Waals surface area contributed by atoms with E-state index in [-0.39, 0.29) is 28.8 Å². The van der Waals surface area contributed by atoms with Crippen molar-refractivity contribution in [3.63, 3.8) is 0 Å². The Balaban J connectivity index is 1.27. The number of anilines is 1. The number of nitrogens with one attached hydrogen (secondary N) is 1. The number of nitrogens with zero attached hydrogens (tertiary/aromatic N) is 4. The van der Waals surface area contributed by atoms with Crippen molar-refractivity contribution in [2.24, 2.45) is 5.41 Å². The van der Waals surface area contributed by atoms with Crippen molar-refractivity contribution in [1.29, 1.82) is 0 Å². The van der Waals surface area contributed by atoms with E-state index < -0.39 is 5.82 Å². The molecule has 1 aromatic carbocycles. The van der Waals surface area contributed by atoms with E-state index in [1.807, 2.05) is 15.5 Å². The molecular weight excluding hydrogens is 469 g/mol. The summed E-state index contributed by atoms with van der Waals surface area (Å²) in [6, 6.07) is 8.40. The van der Waals surface area contributed by atoms with Crippen LogP contribution in [0.25, 0.3) is 21.7 Å². The maximum absolute atomic E-state index is 14.6. The number of imidazole rings is 1. The number of amides is 2. The monoisotopic (exact) mass is 491 g/mol. The van der Waals surface area contributed by atoms with Crippen LogP contribution >= 0.6 is 11.3 Å². The molecule has 0 radical (unpaired) electrons. The summed E-state index contributed by atoms with van der Waals surface area (Å²) >= 11 is 1.28. The second-order valence-electron chi connectivity index (χ2n) is 9.17. The van der Waals surface area contributed by atoms with E-state index in [0.29, 0.717) is 35.2 Å². The fourth-order valence-corrected chi connectivity index (χ4v) is 6.20. The molecule has 1 saturated heterocycles. The van der Waals surface area contributed by atoms with Gasteiger partial charge in [0.15, 0.2) is 18.0 Å². The van der Waals surface area contributed by atoms with Gasteiger partial charge >= 0.3 is 0 Å². The minimum atomic E-state index is -0.432. The zero-order chi connectivity index (χ0) is 24.2. The van der Waals surface area contributed by atoms with Crippen LogP contribution in [0.1, 0.15) is 35.0 Å². The van der Waals surface area contributed by atoms with Crippen molar-refractivity contribution < 1.29 is 18.4 Å². The van der Waals surface area contributed by atoms with E-state index in [4.69, 9.17) is 4.42 Å². The summed E-state index contributed by atoms with van der Waals surface area (Å²) in [7, 11) is 0. The van der Waals surface area contributed by atoms with E-state index in [1.54, 1.807) is 24.4 Å². The number of halogens is 1. The lowest BCUT2D eigenvalue weighted by Gasteiger charge is -2.46. The van der Waals surface area contributed by atoms with E-state index in [0.717, 1.165) is 24.1 Å². The molecule has 3 aromatic heterocycles. The van der Waals surface area contributed by atoms with Gasteiger partial charge in [0.2, 0.25) is 11.9 Å². The highest BCUT2D eigenvalue weighted by Gasteiger charge is 2.50. The van der Waals surface area contributed by atoms with Gasteiger partial charge in [-0.1, -0.05) is 12.6 Å². The lowest BCUT2D eigenvalue weighted by molar-refractivity contribution is -0.125. The van der Waals surface area contributed by atoms with E-state index >= 15 is 0 Å². The van der Waals surface area contributed by atoms with Gasteiger partial charge in [0.05, 0.1) is 21.5 Å². The Morgan fingerprint density at radius 1 is 1.29 bits per heavy atom. The standard InChI is InChI=1S/C25H22FN5O3S/c1-2-21(32)30-9-8-25(13-30)10-15(11-25)31-17-5-3-4-16(26)22(17)28-24(31)29-23(33)20-7-6-19(35-20)18-12-27-14-34-18/h2-7,12,14-15H,1,8-11,13H2,(H,28,29,33)/t15-,25-. The van der Waals surface area contributed by atoms with Crippen molar-refractivity contribution in [3.05, 3.63) is 66.3 Å². The Labute approximate surface area is 204 Å². The van der Waals surface area contributed by atoms with Gasteiger partial charge in [-0.15, -0.1) is 11.3 Å². The molecule has 0 bridgehead atoms. The molecular formula is C25H22FN5O3S. The van der Waals surface area contributed by atoms with Crippen molar-refractivity contribution in [2.75, 3.05) is 18.4 Å². The van der Waals surface area contributed by atoms with Gasteiger partial charge in [-0.3, -0.25) is 14.9 Å². The lowest BCUT2D eigenvalue weighted by Crippen LogP contribution is -2.42. The maximum atomic E-state index is 14.6. The third-order valence-electron chi connectivity index (χ3n) is 7.03. The number of hydrogen-bond donors (Lipinski definition) is 1. The van der Waals surface area contributed by atoms with Crippen molar-refractivity contribution in [1.82, 2.24) is 19.4 Å². The molecule has 2 fully saturated rings. The average molecular weight is 492 g/mol. The van der Waals surface area contributed by atoms with Gasteiger partial charge in [0, 0.05) is 19.1 Å². The fourth-order valence-electron chi connectivity index (χ4n) is 5.34. The molecule has 10 heteroatoms. The zero-order valence-electron chi connectivity index (χ0n) is 18.7. The Kier molecular flexibility index (Phi) is 5.06. The van der Waals surface area contributed by atoms with Crippen LogP contribution < -0.4 is 5.32 Å². The van der Waals surface area contributed by atoms with Gasteiger partial charge < -0.3 is 13.9 Å². The Hall–Kier alpha value is -3.79. The molecule has 4 aromatic rings. The molecule has 0 unspecified atom stereocenters. The molecule has 2 amide bonds. The zero-order valence-corrected chi connectivity index (χ0v) is 19.6. The van der Waals surface area contributed by atoms with Crippen LogP contribution in [0.5, 0.6) is 0 Å². The van der Waals surface area contributed by atoms with Crippen molar-refractivity contribution in [2.45, 2.75) is 25.3 Å². The summed E-state index contributed by atoms with van der Waals surface area (Å²) in [6.45, 7) is 4.99. The first kappa shape index (κ1) is 21.7. The second kappa shape index (κ2) is 8.16. The fraction of sp³-hybridized carbons (Fsp3) is 0.280. The first-order chi connectivity index (χ1) is 17.0. The molecule has 1 saturated carbocycles. The van der Waals surface area contributed by atoms with Gasteiger partial charge in [-0.25, -0.2) is 14.4 Å². The van der Waals surface area contributed by atoms with Gasteiger partial charge in [0.25, 0.3) is 5.91 Å². The molecule has 1 N–H and O–H groups in total. The van der Waals surface area contributed by atoms with Crippen LogP contribution in [0, 0.1) is 11.2 Å². The number of carbonyl (C=O) groups is 2. The Morgan fingerprint density at radius 2 is 2.14 bits per heavy atom. The summed E-state index contributed by atoms with van der Waals surface area (Å²) in [5, 5.41) is 2.90. The molecule has 1 aliphatic carbocycles. The number of likely N-dealkylation sites (tertiary alicyclic amines) is 1. The highest BCUT2D eigenvalue weighted by molar-refractivity contribution is 7.17. The highest BCUT2D eigenvalue weighted by atomic mass is 32.1. The van der Waals surface area contributed by atoms with Crippen LogP contribution in [-0.2, 0) is 4.79 Å². The number of rotatable bonds is 5. The van der Waals surface area contributed by atoms with Crippen molar-refractivity contribution >= 4 is 40.1 Å². The predicted octanol–water partition coefficient (Wildman–Crippen LogP) is 4.88. The van der Waals surface area contributed by atoms with E-state index in [9.17, 15) is 14.0 Å². The summed E-state index contributed by atoms with van der Waals surface area (Å²) < 4.78 is 21.8. The highest BCUT2D eigenvalue weighted by Crippen LogP contribution is 2.55. The number of carbonyl (C=O) groups excluding carboxylic acids is 2. The minimum Gasteiger partial charge on any atom is -0.443 e. The summed E-state index contributed by atoms with van der Waals surface area (Å²) in [6.07, 6.45) is 6.86. The average Bonchev–Trinajstić information content (AvgIpc) is 3.62. The lowest BCUT2D eigenvalue weighted by atomic mass is 9.65. The smallest absolute Gasteiger partial charge is 0.268 e. The minimum absolute atomic E-state index is 0.0360. The summed E-state index contributed by atoms with van der Waals surface area (Å²) in [4.78, 5) is 36.6.